The molecule has 0 amide bonds. The van der Waals surface area contributed by atoms with Gasteiger partial charge in [0.2, 0.25) is 0 Å². The summed E-state index contributed by atoms with van der Waals surface area (Å²) in [7, 11) is 5.35. The van der Waals surface area contributed by atoms with Gasteiger partial charge in [0.15, 0.2) is 5.60 Å². The first-order valence-corrected chi connectivity index (χ1v) is 3.99. The van der Waals surface area contributed by atoms with Gasteiger partial charge < -0.3 is 20.1 Å². The van der Waals surface area contributed by atoms with Crippen molar-refractivity contribution >= 4 is 19.4 Å². The summed E-state index contributed by atoms with van der Waals surface area (Å²) in [4.78, 5) is 0. The number of ether oxygens (including phenoxy) is 1. The van der Waals surface area contributed by atoms with E-state index in [1.165, 1.54) is 0 Å². The van der Waals surface area contributed by atoms with E-state index in [4.69, 9.17) is 29.3 Å². The number of hydrogen-bond donors (Lipinski definition) is 3. The van der Waals surface area contributed by atoms with Crippen LogP contribution in [0.4, 0.5) is 0 Å². The Kier molecular flexibility index (Phi) is 3.22. The van der Waals surface area contributed by atoms with Gasteiger partial charge in [-0.1, -0.05) is 0 Å². The van der Waals surface area contributed by atoms with Crippen LogP contribution in [-0.2, 0) is 4.74 Å². The Morgan fingerprint density at radius 3 is 2.62 bits per heavy atom. The highest BCUT2D eigenvalue weighted by Gasteiger charge is 2.51. The standard InChI is InChI=1S/C7H8BClO4/c8-6-7(12,1-2-9)5(11)4(3-10)13-6/h4-6,10-12H,3H2/t4-,5-,6-,7-/m1/s1. The van der Waals surface area contributed by atoms with E-state index in [-0.39, 0.29) is 0 Å². The summed E-state index contributed by atoms with van der Waals surface area (Å²) in [5.41, 5.74) is -1.91. The first kappa shape index (κ1) is 10.8. The molecule has 0 aromatic carbocycles. The minimum absolute atomic E-state index is 0.443. The second kappa shape index (κ2) is 3.87. The second-order valence-electron chi connectivity index (χ2n) is 2.77. The van der Waals surface area contributed by atoms with Gasteiger partial charge in [-0.3, -0.25) is 0 Å². The van der Waals surface area contributed by atoms with Crippen LogP contribution in [0.15, 0.2) is 0 Å². The number of hydrogen-bond acceptors (Lipinski definition) is 4. The third-order valence-electron chi connectivity index (χ3n) is 1.99. The largest absolute Gasteiger partial charge is 0.394 e. The first-order chi connectivity index (χ1) is 6.06. The summed E-state index contributed by atoms with van der Waals surface area (Å²) in [5.74, 6) is 2.14. The van der Waals surface area contributed by atoms with Crippen LogP contribution in [0.25, 0.3) is 0 Å². The maximum Gasteiger partial charge on any atom is 0.172 e. The molecule has 6 heteroatoms. The number of aliphatic hydroxyl groups is 3. The normalized spacial score (nSPS) is 44.2. The van der Waals surface area contributed by atoms with Gasteiger partial charge in [0.25, 0.3) is 0 Å². The Bertz CT molecular complexity index is 251. The van der Waals surface area contributed by atoms with E-state index >= 15 is 0 Å². The zero-order valence-corrected chi connectivity index (χ0v) is 7.40. The summed E-state index contributed by atoms with van der Waals surface area (Å²) in [6, 6.07) is -1.18. The molecule has 1 fully saturated rings. The molecule has 70 valence electrons. The van der Waals surface area contributed by atoms with E-state index in [0.29, 0.717) is 0 Å². The molecule has 0 saturated carbocycles. The Balaban J connectivity index is 2.90. The molecule has 2 radical (unpaired) electrons. The van der Waals surface area contributed by atoms with Crippen LogP contribution >= 0.6 is 11.6 Å². The van der Waals surface area contributed by atoms with Crippen molar-refractivity contribution in [3.63, 3.8) is 0 Å². The molecule has 1 heterocycles. The molecule has 1 aliphatic heterocycles. The molecule has 3 N–H and O–H groups in total. The lowest BCUT2D eigenvalue weighted by atomic mass is 9.81. The van der Waals surface area contributed by atoms with Crippen LogP contribution < -0.4 is 0 Å². The van der Waals surface area contributed by atoms with E-state index in [9.17, 15) is 10.2 Å². The van der Waals surface area contributed by atoms with E-state index < -0.39 is 30.4 Å². The van der Waals surface area contributed by atoms with Gasteiger partial charge in [0.1, 0.15) is 20.1 Å². The second-order valence-corrected chi connectivity index (χ2v) is 2.96. The van der Waals surface area contributed by atoms with Gasteiger partial charge in [0.05, 0.1) is 12.6 Å². The van der Waals surface area contributed by atoms with Crippen LogP contribution in [0.2, 0.25) is 0 Å². The summed E-state index contributed by atoms with van der Waals surface area (Å²) in [6.45, 7) is -0.443. The fourth-order valence-corrected chi connectivity index (χ4v) is 1.33. The van der Waals surface area contributed by atoms with Crippen molar-refractivity contribution in [1.82, 2.24) is 0 Å². The Morgan fingerprint density at radius 2 is 2.23 bits per heavy atom. The minimum atomic E-state index is -1.91. The minimum Gasteiger partial charge on any atom is -0.394 e. The molecule has 1 saturated heterocycles. The number of rotatable bonds is 1. The van der Waals surface area contributed by atoms with Crippen molar-refractivity contribution in [2.24, 2.45) is 0 Å². The van der Waals surface area contributed by atoms with Crippen molar-refractivity contribution < 1.29 is 20.1 Å². The highest BCUT2D eigenvalue weighted by Crippen LogP contribution is 2.28. The summed E-state index contributed by atoms with van der Waals surface area (Å²) < 4.78 is 4.86. The van der Waals surface area contributed by atoms with Gasteiger partial charge >= 0.3 is 0 Å². The van der Waals surface area contributed by atoms with Crippen LogP contribution in [0.3, 0.4) is 0 Å². The Labute approximate surface area is 81.9 Å². The maximum atomic E-state index is 9.66. The zero-order chi connectivity index (χ0) is 10.1. The summed E-state index contributed by atoms with van der Waals surface area (Å²) >= 11 is 5.09. The Morgan fingerprint density at radius 1 is 1.62 bits per heavy atom. The SMILES string of the molecule is [B][C@@H]1O[C@H](CO)[C@@H](O)[C@]1(O)C#CCl. The average Bonchev–Trinajstić information content (AvgIpc) is 2.31. The van der Waals surface area contributed by atoms with Gasteiger partial charge in [-0.15, -0.1) is 0 Å². The molecule has 0 unspecified atom stereocenters. The van der Waals surface area contributed by atoms with Gasteiger partial charge in [-0.05, 0) is 17.5 Å². The maximum absolute atomic E-state index is 9.66. The summed E-state index contributed by atoms with van der Waals surface area (Å²) in [6.07, 6.45) is -2.30. The lowest BCUT2D eigenvalue weighted by Crippen LogP contribution is -2.47. The quantitative estimate of drug-likeness (QED) is 0.345. The predicted molar refractivity (Wildman–Crippen MR) is 46.1 cm³/mol. The van der Waals surface area contributed by atoms with Gasteiger partial charge in [-0.25, -0.2) is 0 Å². The van der Waals surface area contributed by atoms with E-state index in [2.05, 4.69) is 5.92 Å². The van der Waals surface area contributed by atoms with Gasteiger partial charge in [-0.2, -0.15) is 0 Å². The molecule has 0 aromatic heterocycles. The lowest BCUT2D eigenvalue weighted by molar-refractivity contribution is -0.0238. The lowest BCUT2D eigenvalue weighted by Gasteiger charge is -2.23. The molecule has 0 aromatic rings. The van der Waals surface area contributed by atoms with Crippen molar-refractivity contribution in [3.05, 3.63) is 0 Å². The average molecular weight is 202 g/mol. The van der Waals surface area contributed by atoms with Crippen molar-refractivity contribution in [1.29, 1.82) is 0 Å². The monoisotopic (exact) mass is 202 g/mol. The third-order valence-corrected chi connectivity index (χ3v) is 2.08. The van der Waals surface area contributed by atoms with Crippen LogP contribution in [0.5, 0.6) is 0 Å². The zero-order valence-electron chi connectivity index (χ0n) is 6.64. The molecule has 4 nitrogen and oxygen atoms in total. The molecule has 1 rings (SSSR count). The van der Waals surface area contributed by atoms with Crippen LogP contribution in [-0.4, -0.2) is 53.6 Å². The molecular formula is C7H8BClO4. The van der Waals surface area contributed by atoms with Crippen LogP contribution in [0, 0.1) is 11.3 Å². The van der Waals surface area contributed by atoms with E-state index in [1.807, 2.05) is 5.38 Å². The number of halogens is 1. The van der Waals surface area contributed by atoms with Crippen molar-refractivity contribution in [3.8, 4) is 11.3 Å². The predicted octanol–water partition coefficient (Wildman–Crippen LogP) is -1.84. The van der Waals surface area contributed by atoms with Crippen molar-refractivity contribution in [2.45, 2.75) is 23.8 Å². The van der Waals surface area contributed by atoms with Crippen LogP contribution in [0.1, 0.15) is 0 Å². The molecule has 4 atom stereocenters. The molecular weight excluding hydrogens is 194 g/mol. The molecule has 0 aliphatic carbocycles. The fraction of sp³-hybridized carbons (Fsp3) is 0.714. The smallest absolute Gasteiger partial charge is 0.172 e. The molecule has 0 spiro atoms. The van der Waals surface area contributed by atoms with E-state index in [0.717, 1.165) is 0 Å². The highest BCUT2D eigenvalue weighted by molar-refractivity contribution is 6.30. The Hall–Kier alpha value is -0.245. The first-order valence-electron chi connectivity index (χ1n) is 3.61. The molecule has 0 bridgehead atoms. The van der Waals surface area contributed by atoms with Gasteiger partial charge in [0, 0.05) is 5.38 Å². The highest BCUT2D eigenvalue weighted by atomic mass is 35.5. The fourth-order valence-electron chi connectivity index (χ4n) is 1.18. The summed E-state index contributed by atoms with van der Waals surface area (Å²) in [5, 5.41) is 29.7. The molecule has 1 aliphatic rings. The van der Waals surface area contributed by atoms with E-state index in [1.54, 1.807) is 0 Å². The topological polar surface area (TPSA) is 69.9 Å². The third kappa shape index (κ3) is 1.69. The number of aliphatic hydroxyl groups excluding tert-OH is 2. The van der Waals surface area contributed by atoms with Crippen molar-refractivity contribution in [2.75, 3.05) is 6.61 Å². The molecule has 13 heavy (non-hydrogen) atoms.